The fraction of sp³-hybridized carbons (Fsp3) is 0.697. The second-order valence-corrected chi connectivity index (χ2v) is 13.2. The van der Waals surface area contributed by atoms with Crippen LogP contribution in [0.2, 0.25) is 0 Å². The number of aryl methyl sites for hydroxylation is 2. The zero-order valence-electron chi connectivity index (χ0n) is 31.0. The zero-order valence-corrected chi connectivity index (χ0v) is 25.0. The lowest BCUT2D eigenvalue weighted by Gasteiger charge is -2.40. The van der Waals surface area contributed by atoms with Crippen LogP contribution in [0.25, 0.3) is 0 Å². The molecule has 4 saturated heterocycles. The van der Waals surface area contributed by atoms with E-state index < -0.39 is 13.7 Å². The monoisotopic (exact) mass is 564 g/mol. The van der Waals surface area contributed by atoms with E-state index in [-0.39, 0.29) is 35.6 Å². The van der Waals surface area contributed by atoms with Gasteiger partial charge in [-0.05, 0) is 70.6 Å². The maximum atomic E-state index is 7.89. The summed E-state index contributed by atoms with van der Waals surface area (Å²) in [5.74, 6) is 2.28. The largest absolute Gasteiger partial charge is 0.312 e. The minimum atomic E-state index is -2.22. The fourth-order valence-electron chi connectivity index (χ4n) is 7.86. The number of benzene rings is 1. The number of nitrogens with one attached hydrogen (secondary N) is 1. The Morgan fingerprint density at radius 1 is 0.707 bits per heavy atom. The standard InChI is InChI=1S/C20H28N4.C13H22N4/c1-14(2)20-22-21-15(3)24(20)19-11-17-9-10-18(12-19)23(17)13-16-7-5-4-6-8-16;1-8(2)13-16-15-9(3)17(13)12-6-10-4-5-11(7-12)14-10/h4-8,14,17-19H,9-13H2,1-3H3;8,10-12,14H,4-7H2,1-3H3/i2*3D3. The molecule has 6 heterocycles. The summed E-state index contributed by atoms with van der Waals surface area (Å²) < 4.78 is 50.6. The van der Waals surface area contributed by atoms with Crippen molar-refractivity contribution in [1.82, 2.24) is 39.7 Å². The van der Waals surface area contributed by atoms with Gasteiger partial charge >= 0.3 is 0 Å². The first-order valence-electron chi connectivity index (χ1n) is 18.7. The van der Waals surface area contributed by atoms with Crippen molar-refractivity contribution in [3.05, 3.63) is 59.2 Å². The molecule has 8 nitrogen and oxygen atoms in total. The van der Waals surface area contributed by atoms with Crippen molar-refractivity contribution in [1.29, 1.82) is 0 Å². The van der Waals surface area contributed by atoms with E-state index in [1.807, 2.05) is 23.0 Å². The Bertz CT molecular complexity index is 1470. The smallest absolute Gasteiger partial charge is 0.135 e. The molecule has 4 atom stereocenters. The van der Waals surface area contributed by atoms with E-state index in [1.165, 1.54) is 31.2 Å². The van der Waals surface area contributed by atoms with Crippen molar-refractivity contribution >= 4 is 0 Å². The first-order chi connectivity index (χ1) is 22.2. The Kier molecular flexibility index (Phi) is 6.43. The quantitative estimate of drug-likeness (QED) is 0.382. The number of hydrogen-bond acceptors (Lipinski definition) is 6. The molecule has 3 aromatic rings. The van der Waals surface area contributed by atoms with Gasteiger partial charge < -0.3 is 14.5 Å². The van der Waals surface area contributed by atoms with Crippen molar-refractivity contribution in [2.24, 2.45) is 0 Å². The zero-order chi connectivity index (χ0) is 33.7. The third-order valence-electron chi connectivity index (χ3n) is 9.72. The van der Waals surface area contributed by atoms with E-state index in [4.69, 9.17) is 8.22 Å². The number of aromatic nitrogens is 6. The van der Waals surface area contributed by atoms with Crippen LogP contribution in [0.3, 0.4) is 0 Å². The van der Waals surface area contributed by atoms with E-state index in [2.05, 4.69) is 74.8 Å². The van der Waals surface area contributed by atoms with Crippen LogP contribution in [-0.2, 0) is 6.54 Å². The van der Waals surface area contributed by atoms with Crippen molar-refractivity contribution in [3.8, 4) is 0 Å². The lowest BCUT2D eigenvalue weighted by Crippen LogP contribution is -2.43. The van der Waals surface area contributed by atoms with Gasteiger partial charge in [0.05, 0.1) is 0 Å². The summed E-state index contributed by atoms with van der Waals surface area (Å²) in [5, 5.41) is 20.1. The summed E-state index contributed by atoms with van der Waals surface area (Å²) in [6.07, 6.45) is 8.70. The second kappa shape index (κ2) is 12.0. The first kappa shape index (κ1) is 22.0. The molecule has 4 unspecified atom stereocenters. The van der Waals surface area contributed by atoms with Gasteiger partial charge in [0.15, 0.2) is 0 Å². The van der Waals surface area contributed by atoms with Gasteiger partial charge in [0.25, 0.3) is 0 Å². The molecule has 222 valence electrons. The average Bonchev–Trinajstić information content (AvgIpc) is 3.77. The molecule has 0 spiro atoms. The molecule has 0 amide bonds. The van der Waals surface area contributed by atoms with Crippen LogP contribution < -0.4 is 5.32 Å². The predicted molar refractivity (Wildman–Crippen MR) is 163 cm³/mol. The maximum Gasteiger partial charge on any atom is 0.135 e. The normalized spacial score (nSPS) is 32.0. The van der Waals surface area contributed by atoms with Gasteiger partial charge in [0.2, 0.25) is 0 Å². The topological polar surface area (TPSA) is 76.7 Å². The van der Waals surface area contributed by atoms with Crippen molar-refractivity contribution < 1.29 is 8.22 Å². The van der Waals surface area contributed by atoms with Gasteiger partial charge in [0.1, 0.15) is 23.3 Å². The summed E-state index contributed by atoms with van der Waals surface area (Å²) in [5.41, 5.74) is 1.35. The summed E-state index contributed by atoms with van der Waals surface area (Å²) in [6, 6.07) is 13.1. The van der Waals surface area contributed by atoms with Gasteiger partial charge in [-0.15, -0.1) is 20.4 Å². The van der Waals surface area contributed by atoms with Crippen LogP contribution in [0.5, 0.6) is 0 Å². The highest BCUT2D eigenvalue weighted by Crippen LogP contribution is 2.43. The highest BCUT2D eigenvalue weighted by atomic mass is 15.3. The van der Waals surface area contributed by atoms with Crippen molar-refractivity contribution in [3.63, 3.8) is 0 Å². The SMILES string of the molecule is [2H]C([2H])([2H])c1nnc(C(C)C)n1C1CC2CCC(C1)N2.[2H]C([2H])([2H])c1nnc(C(C)C)n1C1CC2CCC(C1)N2Cc1ccccc1. The van der Waals surface area contributed by atoms with Crippen LogP contribution in [-0.4, -0.2) is 58.6 Å². The van der Waals surface area contributed by atoms with Gasteiger partial charge in [-0.2, -0.15) is 0 Å². The molecular formula is C33H50N8. The molecule has 0 radical (unpaired) electrons. The fourth-order valence-corrected chi connectivity index (χ4v) is 7.86. The molecule has 4 aliphatic heterocycles. The lowest BCUT2D eigenvalue weighted by atomic mass is 9.95. The van der Waals surface area contributed by atoms with Gasteiger partial charge in [0, 0.05) is 62.9 Å². The Balaban J connectivity index is 0.000000172. The van der Waals surface area contributed by atoms with Crippen LogP contribution in [0.4, 0.5) is 0 Å². The molecule has 0 aliphatic carbocycles. The number of fused-ring (bicyclic) bond motifs is 4. The summed E-state index contributed by atoms with van der Waals surface area (Å²) in [7, 11) is 0. The van der Waals surface area contributed by atoms with E-state index in [9.17, 15) is 0 Å². The molecule has 8 heteroatoms. The third-order valence-corrected chi connectivity index (χ3v) is 9.72. The molecule has 4 aliphatic rings. The van der Waals surface area contributed by atoms with Crippen LogP contribution >= 0.6 is 0 Å². The highest BCUT2D eigenvalue weighted by Gasteiger charge is 2.42. The number of hydrogen-bond donors (Lipinski definition) is 1. The Morgan fingerprint density at radius 3 is 1.71 bits per heavy atom. The lowest BCUT2D eigenvalue weighted by molar-refractivity contribution is 0.0973. The summed E-state index contributed by atoms with van der Waals surface area (Å²) in [4.78, 5) is 2.63. The molecular weight excluding hydrogens is 508 g/mol. The molecule has 2 aromatic heterocycles. The molecule has 0 saturated carbocycles. The van der Waals surface area contributed by atoms with Crippen LogP contribution in [0.15, 0.2) is 30.3 Å². The first-order valence-corrected chi connectivity index (χ1v) is 15.7. The average molecular weight is 565 g/mol. The summed E-state index contributed by atoms with van der Waals surface area (Å²) >= 11 is 0. The number of rotatable bonds is 6. The molecule has 7 rings (SSSR count). The van der Waals surface area contributed by atoms with E-state index in [1.54, 1.807) is 0 Å². The third kappa shape index (κ3) is 5.87. The predicted octanol–water partition coefficient (Wildman–Crippen LogP) is 6.24. The Labute approximate surface area is 254 Å². The van der Waals surface area contributed by atoms with Gasteiger partial charge in [-0.3, -0.25) is 4.90 Å². The van der Waals surface area contributed by atoms with Gasteiger partial charge in [-0.25, -0.2) is 0 Å². The minimum Gasteiger partial charge on any atom is -0.312 e. The molecule has 1 N–H and O–H groups in total. The van der Waals surface area contributed by atoms with E-state index >= 15 is 0 Å². The number of piperidine rings is 2. The van der Waals surface area contributed by atoms with Gasteiger partial charge in [-0.1, -0.05) is 58.0 Å². The van der Waals surface area contributed by atoms with Crippen LogP contribution in [0, 0.1) is 13.7 Å². The molecule has 4 fully saturated rings. The van der Waals surface area contributed by atoms with Crippen molar-refractivity contribution in [2.75, 3.05) is 0 Å². The molecule has 1 aromatic carbocycles. The Morgan fingerprint density at radius 2 is 1.22 bits per heavy atom. The van der Waals surface area contributed by atoms with E-state index in [0.29, 0.717) is 24.2 Å². The Hall–Kier alpha value is -2.58. The highest BCUT2D eigenvalue weighted by molar-refractivity contribution is 5.16. The van der Waals surface area contributed by atoms with E-state index in [0.717, 1.165) is 43.9 Å². The summed E-state index contributed by atoms with van der Waals surface area (Å²) in [6.45, 7) is 4.77. The molecule has 41 heavy (non-hydrogen) atoms. The minimum absolute atomic E-state index is 0.159. The number of nitrogens with zero attached hydrogens (tertiary/aromatic N) is 7. The molecule has 4 bridgehead atoms. The maximum absolute atomic E-state index is 7.89. The van der Waals surface area contributed by atoms with Crippen molar-refractivity contribution in [2.45, 2.75) is 147 Å². The second-order valence-electron chi connectivity index (χ2n) is 13.2. The van der Waals surface area contributed by atoms with Crippen LogP contribution in [0.1, 0.15) is 140 Å².